The number of alkyl halides is 2. The van der Waals surface area contributed by atoms with Crippen molar-refractivity contribution in [3.63, 3.8) is 0 Å². The molecule has 0 amide bonds. The first-order chi connectivity index (χ1) is 12.9. The number of benzene rings is 2. The lowest BCUT2D eigenvalue weighted by atomic mass is 10.1. The number of rotatable bonds is 7. The van der Waals surface area contributed by atoms with Crippen molar-refractivity contribution >= 4 is 23.5 Å². The van der Waals surface area contributed by atoms with Gasteiger partial charge in [0.1, 0.15) is 5.75 Å². The average Bonchev–Trinajstić information content (AvgIpc) is 3.08. The van der Waals surface area contributed by atoms with Crippen molar-refractivity contribution in [2.75, 3.05) is 7.11 Å². The number of methoxy groups -OCH3 is 1. The molecule has 8 heteroatoms. The van der Waals surface area contributed by atoms with Crippen molar-refractivity contribution in [2.45, 2.75) is 35.5 Å². The molecule has 27 heavy (non-hydrogen) atoms. The maximum Gasteiger partial charge on any atom is 0.289 e. The van der Waals surface area contributed by atoms with Crippen LogP contribution in [-0.4, -0.2) is 23.1 Å². The van der Waals surface area contributed by atoms with Crippen LogP contribution in [0.1, 0.15) is 16.7 Å². The second kappa shape index (κ2) is 8.75. The summed E-state index contributed by atoms with van der Waals surface area (Å²) in [6, 6.07) is 11.3. The molecule has 1 aromatic heterocycles. The van der Waals surface area contributed by atoms with Gasteiger partial charge in [-0.3, -0.25) is 0 Å². The van der Waals surface area contributed by atoms with Crippen LogP contribution in [0.5, 0.6) is 5.75 Å². The third-order valence-corrected chi connectivity index (χ3v) is 5.34. The van der Waals surface area contributed by atoms with E-state index in [4.69, 9.17) is 9.15 Å². The van der Waals surface area contributed by atoms with Gasteiger partial charge in [0.05, 0.1) is 12.0 Å². The molecule has 0 radical (unpaired) electrons. The Hall–Kier alpha value is -2.06. The zero-order chi connectivity index (χ0) is 19.4. The lowest BCUT2D eigenvalue weighted by molar-refractivity contribution is 0.251. The number of aromatic nitrogens is 2. The molecule has 1 heterocycles. The first kappa shape index (κ1) is 19.7. The molecule has 2 aromatic carbocycles. The summed E-state index contributed by atoms with van der Waals surface area (Å²) < 4.78 is 36.1. The van der Waals surface area contributed by atoms with E-state index in [0.717, 1.165) is 22.3 Å². The number of ether oxygens (including phenoxy) is 1. The zero-order valence-corrected chi connectivity index (χ0v) is 16.7. The van der Waals surface area contributed by atoms with E-state index in [1.54, 1.807) is 18.2 Å². The van der Waals surface area contributed by atoms with Crippen molar-refractivity contribution in [3.8, 4) is 17.2 Å². The molecule has 0 unspecified atom stereocenters. The predicted molar refractivity (Wildman–Crippen MR) is 104 cm³/mol. The summed E-state index contributed by atoms with van der Waals surface area (Å²) in [7, 11) is 1.47. The van der Waals surface area contributed by atoms with E-state index >= 15 is 0 Å². The first-order valence-electron chi connectivity index (χ1n) is 8.11. The number of halogens is 2. The van der Waals surface area contributed by atoms with Gasteiger partial charge < -0.3 is 9.15 Å². The molecule has 4 nitrogen and oxygen atoms in total. The monoisotopic (exact) mass is 408 g/mol. The molecule has 0 aliphatic carbocycles. The highest BCUT2D eigenvalue weighted by molar-refractivity contribution is 7.99. The number of nitrogens with zero attached hydrogens (tertiary/aromatic N) is 2. The number of thioether (sulfide) groups is 2. The summed E-state index contributed by atoms with van der Waals surface area (Å²) in [5.74, 6) is -1.02. The van der Waals surface area contributed by atoms with Gasteiger partial charge in [0, 0.05) is 11.3 Å². The lowest BCUT2D eigenvalue weighted by Gasteiger charge is -2.09. The van der Waals surface area contributed by atoms with E-state index in [0.29, 0.717) is 39.3 Å². The van der Waals surface area contributed by atoms with E-state index in [-0.39, 0.29) is 0 Å². The highest BCUT2D eigenvalue weighted by Crippen LogP contribution is 2.35. The molecule has 0 aliphatic rings. The van der Waals surface area contributed by atoms with Gasteiger partial charge in [-0.15, -0.1) is 10.2 Å². The molecule has 3 rings (SSSR count). The van der Waals surface area contributed by atoms with Crippen LogP contribution < -0.4 is 4.74 Å². The molecule has 0 spiro atoms. The average molecular weight is 408 g/mol. The largest absolute Gasteiger partial charge is 0.496 e. The fourth-order valence-electron chi connectivity index (χ4n) is 2.62. The summed E-state index contributed by atoms with van der Waals surface area (Å²) in [4.78, 5) is 0.413. The molecule has 0 bridgehead atoms. The quantitative estimate of drug-likeness (QED) is 0.449. The lowest BCUT2D eigenvalue weighted by Crippen LogP contribution is -1.91. The molecule has 0 fully saturated rings. The van der Waals surface area contributed by atoms with Gasteiger partial charge in [0.2, 0.25) is 5.89 Å². The van der Waals surface area contributed by atoms with E-state index in [1.807, 2.05) is 26.0 Å². The molecule has 0 atom stereocenters. The Morgan fingerprint density at radius 2 is 1.81 bits per heavy atom. The molecular weight excluding hydrogens is 390 g/mol. The molecule has 0 saturated heterocycles. The second-order valence-corrected chi connectivity index (χ2v) is 7.86. The Balaban J connectivity index is 1.69. The second-order valence-electron chi connectivity index (χ2n) is 5.90. The Labute approximate surface area is 164 Å². The van der Waals surface area contributed by atoms with Gasteiger partial charge in [-0.05, 0) is 43.7 Å². The summed E-state index contributed by atoms with van der Waals surface area (Å²) in [6.07, 6.45) is 0. The molecular formula is C19H18F2N2O2S2. The van der Waals surface area contributed by atoms with Crippen LogP contribution in [0.2, 0.25) is 0 Å². The van der Waals surface area contributed by atoms with Crippen LogP contribution in [0.15, 0.2) is 50.9 Å². The molecule has 142 valence electrons. The van der Waals surface area contributed by atoms with Gasteiger partial charge in [0.25, 0.3) is 11.0 Å². The van der Waals surface area contributed by atoms with Crippen LogP contribution in [0.3, 0.4) is 0 Å². The number of hydrogen-bond donors (Lipinski definition) is 0. The minimum Gasteiger partial charge on any atom is -0.496 e. The first-order valence-corrected chi connectivity index (χ1v) is 9.98. The van der Waals surface area contributed by atoms with E-state index < -0.39 is 5.76 Å². The Morgan fingerprint density at radius 1 is 1.07 bits per heavy atom. The predicted octanol–water partition coefficient (Wildman–Crippen LogP) is 5.97. The standard InChI is InChI=1S/C19H18F2N2O2S2/c1-11-6-12(2)8-14(7-11)17-22-23-19(25-17)26-10-13-4-5-16(27-18(20)21)15(9-13)24-3/h4-9,18H,10H2,1-3H3. The highest BCUT2D eigenvalue weighted by Gasteiger charge is 2.13. The van der Waals surface area contributed by atoms with Crippen molar-refractivity contribution in [1.82, 2.24) is 10.2 Å². The van der Waals surface area contributed by atoms with Gasteiger partial charge >= 0.3 is 0 Å². The Morgan fingerprint density at radius 3 is 2.48 bits per heavy atom. The Kier molecular flexibility index (Phi) is 6.38. The summed E-state index contributed by atoms with van der Waals surface area (Å²) in [5, 5.41) is 8.64. The SMILES string of the molecule is COc1cc(CSc2nnc(-c3cc(C)cc(C)c3)o2)ccc1SC(F)F. The van der Waals surface area contributed by atoms with E-state index in [2.05, 4.69) is 16.3 Å². The van der Waals surface area contributed by atoms with Crippen LogP contribution in [0, 0.1) is 13.8 Å². The third-order valence-electron chi connectivity index (χ3n) is 3.68. The van der Waals surface area contributed by atoms with E-state index in [1.165, 1.54) is 18.9 Å². The van der Waals surface area contributed by atoms with Crippen molar-refractivity contribution < 1.29 is 17.9 Å². The van der Waals surface area contributed by atoms with E-state index in [9.17, 15) is 8.78 Å². The minimum atomic E-state index is -2.49. The number of hydrogen-bond acceptors (Lipinski definition) is 6. The molecule has 3 aromatic rings. The third kappa shape index (κ3) is 5.23. The van der Waals surface area contributed by atoms with Crippen LogP contribution in [0.4, 0.5) is 8.78 Å². The number of aryl methyl sites for hydroxylation is 2. The van der Waals surface area contributed by atoms with Gasteiger partial charge in [-0.2, -0.15) is 8.78 Å². The summed E-state index contributed by atoms with van der Waals surface area (Å²) >= 11 is 1.86. The summed E-state index contributed by atoms with van der Waals surface area (Å²) in [5.41, 5.74) is 4.07. The zero-order valence-electron chi connectivity index (χ0n) is 15.0. The smallest absolute Gasteiger partial charge is 0.289 e. The maximum atomic E-state index is 12.6. The van der Waals surface area contributed by atoms with Crippen LogP contribution in [0.25, 0.3) is 11.5 Å². The fourth-order valence-corrected chi connectivity index (χ4v) is 3.93. The Bertz CT molecular complexity index is 912. The van der Waals surface area contributed by atoms with Gasteiger partial charge in [-0.1, -0.05) is 46.8 Å². The normalized spacial score (nSPS) is 11.2. The van der Waals surface area contributed by atoms with Crippen LogP contribution >= 0.6 is 23.5 Å². The van der Waals surface area contributed by atoms with Crippen LogP contribution in [-0.2, 0) is 5.75 Å². The molecule has 0 saturated carbocycles. The maximum absolute atomic E-state index is 12.6. The van der Waals surface area contributed by atoms with Gasteiger partial charge in [-0.25, -0.2) is 0 Å². The summed E-state index contributed by atoms with van der Waals surface area (Å²) in [6.45, 7) is 4.04. The van der Waals surface area contributed by atoms with Gasteiger partial charge in [0.15, 0.2) is 0 Å². The highest BCUT2D eigenvalue weighted by atomic mass is 32.2. The van der Waals surface area contributed by atoms with Crippen molar-refractivity contribution in [1.29, 1.82) is 0 Å². The minimum absolute atomic E-state index is 0.413. The van der Waals surface area contributed by atoms with Crippen molar-refractivity contribution in [3.05, 3.63) is 53.1 Å². The topological polar surface area (TPSA) is 48.2 Å². The fraction of sp³-hybridized carbons (Fsp3) is 0.263. The molecule has 0 N–H and O–H groups in total. The molecule has 0 aliphatic heterocycles. The van der Waals surface area contributed by atoms with Crippen molar-refractivity contribution in [2.24, 2.45) is 0 Å².